The van der Waals surface area contributed by atoms with Crippen molar-refractivity contribution in [2.45, 2.75) is 32.7 Å². The summed E-state index contributed by atoms with van der Waals surface area (Å²) in [5, 5.41) is 2.80. The summed E-state index contributed by atoms with van der Waals surface area (Å²) in [7, 11) is 0. The number of aromatic nitrogens is 1. The molecular weight excluding hydrogens is 324 g/mol. The Hall–Kier alpha value is -2.40. The average Bonchev–Trinajstić information content (AvgIpc) is 3.47. The highest BCUT2D eigenvalue weighted by Crippen LogP contribution is 2.30. The van der Waals surface area contributed by atoms with Crippen LogP contribution in [0.1, 0.15) is 25.3 Å². The van der Waals surface area contributed by atoms with Crippen LogP contribution >= 0.6 is 0 Å². The van der Waals surface area contributed by atoms with E-state index in [1.807, 2.05) is 30.5 Å². The highest BCUT2D eigenvalue weighted by atomic mass is 16.1. The first-order valence-corrected chi connectivity index (χ1v) is 9.44. The summed E-state index contributed by atoms with van der Waals surface area (Å²) in [5.41, 5.74) is 4.30. The molecule has 4 rings (SSSR count). The zero-order valence-corrected chi connectivity index (χ0v) is 15.5. The molecule has 136 valence electrons. The van der Waals surface area contributed by atoms with Crippen LogP contribution in [-0.4, -0.2) is 48.0 Å². The summed E-state index contributed by atoms with van der Waals surface area (Å²) in [6.07, 6.45) is 4.74. The van der Waals surface area contributed by atoms with Crippen molar-refractivity contribution in [2.24, 2.45) is 0 Å². The molecular formula is C21H26N4O. The first-order chi connectivity index (χ1) is 12.6. The summed E-state index contributed by atoms with van der Waals surface area (Å²) >= 11 is 0. The lowest BCUT2D eigenvalue weighted by Crippen LogP contribution is -2.47. The molecule has 1 aliphatic heterocycles. The molecule has 1 aliphatic carbocycles. The van der Waals surface area contributed by atoms with Crippen LogP contribution in [0.4, 0.5) is 11.5 Å². The number of nitrogens with zero attached hydrogens (tertiary/aromatic N) is 3. The van der Waals surface area contributed by atoms with Crippen molar-refractivity contribution >= 4 is 17.4 Å². The van der Waals surface area contributed by atoms with Gasteiger partial charge in [-0.05, 0) is 49.1 Å². The van der Waals surface area contributed by atoms with Crippen LogP contribution in [0.5, 0.6) is 0 Å². The number of amides is 1. The number of hydrogen-bond acceptors (Lipinski definition) is 4. The van der Waals surface area contributed by atoms with Crippen LogP contribution in [0.25, 0.3) is 11.1 Å². The van der Waals surface area contributed by atoms with Gasteiger partial charge in [0, 0.05) is 56.6 Å². The molecule has 1 amide bonds. The summed E-state index contributed by atoms with van der Waals surface area (Å²) in [4.78, 5) is 20.9. The number of benzene rings is 1. The molecule has 2 fully saturated rings. The van der Waals surface area contributed by atoms with Gasteiger partial charge in [0.05, 0.1) is 0 Å². The fourth-order valence-electron chi connectivity index (χ4n) is 3.71. The van der Waals surface area contributed by atoms with Crippen LogP contribution in [-0.2, 0) is 4.79 Å². The van der Waals surface area contributed by atoms with E-state index in [4.69, 9.17) is 4.98 Å². The van der Waals surface area contributed by atoms with Gasteiger partial charge in [-0.3, -0.25) is 9.69 Å². The number of hydrogen-bond donors (Lipinski definition) is 1. The van der Waals surface area contributed by atoms with Crippen LogP contribution in [0.15, 0.2) is 36.5 Å². The Kier molecular flexibility index (Phi) is 4.64. The SMILES string of the molecule is CC(=O)Nc1ccc(-c2cnc(N3CCN(C4CC4)CC3)cc2C)cc1. The van der Waals surface area contributed by atoms with Crippen molar-refractivity contribution in [1.82, 2.24) is 9.88 Å². The molecule has 26 heavy (non-hydrogen) atoms. The second-order valence-corrected chi connectivity index (χ2v) is 7.37. The van der Waals surface area contributed by atoms with E-state index in [0.29, 0.717) is 0 Å². The average molecular weight is 350 g/mol. The molecule has 1 aromatic heterocycles. The fourth-order valence-corrected chi connectivity index (χ4v) is 3.71. The standard InChI is InChI=1S/C21H26N4O/c1-15-13-21(25-11-9-24(10-12-25)19-7-8-19)22-14-20(15)17-3-5-18(6-4-17)23-16(2)26/h3-6,13-14,19H,7-12H2,1-2H3,(H,23,26). The van der Waals surface area contributed by atoms with E-state index in [2.05, 4.69) is 28.1 Å². The number of aryl methyl sites for hydroxylation is 1. The van der Waals surface area contributed by atoms with E-state index in [-0.39, 0.29) is 5.91 Å². The van der Waals surface area contributed by atoms with E-state index >= 15 is 0 Å². The molecule has 0 atom stereocenters. The maximum atomic E-state index is 11.1. The third kappa shape index (κ3) is 3.73. The largest absolute Gasteiger partial charge is 0.354 e. The highest BCUT2D eigenvalue weighted by molar-refractivity contribution is 5.89. The number of anilines is 2. The van der Waals surface area contributed by atoms with Gasteiger partial charge in [0.2, 0.25) is 5.91 Å². The predicted octanol–water partition coefficient (Wildman–Crippen LogP) is 3.30. The molecule has 1 saturated carbocycles. The van der Waals surface area contributed by atoms with Crippen molar-refractivity contribution in [3.8, 4) is 11.1 Å². The van der Waals surface area contributed by atoms with E-state index < -0.39 is 0 Å². The quantitative estimate of drug-likeness (QED) is 0.919. The summed E-state index contributed by atoms with van der Waals surface area (Å²) in [6, 6.07) is 11.0. The Morgan fingerprint density at radius 1 is 1.12 bits per heavy atom. The van der Waals surface area contributed by atoms with Gasteiger partial charge in [-0.1, -0.05) is 12.1 Å². The molecule has 5 nitrogen and oxygen atoms in total. The monoisotopic (exact) mass is 350 g/mol. The zero-order chi connectivity index (χ0) is 18.1. The molecule has 2 heterocycles. The van der Waals surface area contributed by atoms with E-state index in [1.165, 1.54) is 25.3 Å². The summed E-state index contributed by atoms with van der Waals surface area (Å²) in [5.74, 6) is 1.03. The van der Waals surface area contributed by atoms with Gasteiger partial charge < -0.3 is 10.2 Å². The minimum atomic E-state index is -0.0540. The van der Waals surface area contributed by atoms with Crippen molar-refractivity contribution in [2.75, 3.05) is 36.4 Å². The molecule has 1 saturated heterocycles. The Balaban J connectivity index is 1.46. The van der Waals surface area contributed by atoms with E-state index in [0.717, 1.165) is 54.9 Å². The van der Waals surface area contributed by atoms with Gasteiger partial charge in [-0.2, -0.15) is 0 Å². The van der Waals surface area contributed by atoms with Crippen molar-refractivity contribution in [3.63, 3.8) is 0 Å². The number of pyridine rings is 1. The molecule has 0 unspecified atom stereocenters. The van der Waals surface area contributed by atoms with Crippen molar-refractivity contribution < 1.29 is 4.79 Å². The van der Waals surface area contributed by atoms with Gasteiger partial charge in [0.25, 0.3) is 0 Å². The molecule has 1 aromatic carbocycles. The second kappa shape index (κ2) is 7.08. The third-order valence-electron chi connectivity index (χ3n) is 5.31. The molecule has 5 heteroatoms. The van der Waals surface area contributed by atoms with Crippen LogP contribution < -0.4 is 10.2 Å². The Morgan fingerprint density at radius 2 is 1.81 bits per heavy atom. The van der Waals surface area contributed by atoms with E-state index in [9.17, 15) is 4.79 Å². The van der Waals surface area contributed by atoms with E-state index in [1.54, 1.807) is 0 Å². The molecule has 0 bridgehead atoms. The minimum absolute atomic E-state index is 0.0540. The van der Waals surface area contributed by atoms with Gasteiger partial charge >= 0.3 is 0 Å². The van der Waals surface area contributed by atoms with Crippen LogP contribution in [0, 0.1) is 6.92 Å². The fraction of sp³-hybridized carbons (Fsp3) is 0.429. The number of carbonyl (C=O) groups is 1. The first kappa shape index (κ1) is 17.0. The van der Waals surface area contributed by atoms with Crippen LogP contribution in [0.3, 0.4) is 0 Å². The lowest BCUT2D eigenvalue weighted by molar-refractivity contribution is -0.114. The molecule has 0 spiro atoms. The third-order valence-corrected chi connectivity index (χ3v) is 5.31. The minimum Gasteiger partial charge on any atom is -0.354 e. The Labute approximate surface area is 155 Å². The Morgan fingerprint density at radius 3 is 2.38 bits per heavy atom. The normalized spacial score (nSPS) is 18.0. The zero-order valence-electron chi connectivity index (χ0n) is 15.5. The van der Waals surface area contributed by atoms with Gasteiger partial charge in [0.15, 0.2) is 0 Å². The lowest BCUT2D eigenvalue weighted by atomic mass is 10.0. The van der Waals surface area contributed by atoms with Crippen molar-refractivity contribution in [3.05, 3.63) is 42.1 Å². The van der Waals surface area contributed by atoms with Gasteiger partial charge in [-0.25, -0.2) is 4.98 Å². The van der Waals surface area contributed by atoms with Crippen molar-refractivity contribution in [1.29, 1.82) is 0 Å². The van der Waals surface area contributed by atoms with Gasteiger partial charge in [-0.15, -0.1) is 0 Å². The smallest absolute Gasteiger partial charge is 0.221 e. The molecule has 2 aliphatic rings. The maximum absolute atomic E-state index is 11.1. The summed E-state index contributed by atoms with van der Waals surface area (Å²) < 4.78 is 0. The Bertz CT molecular complexity index is 790. The number of rotatable bonds is 4. The number of nitrogens with one attached hydrogen (secondary N) is 1. The first-order valence-electron chi connectivity index (χ1n) is 9.44. The summed E-state index contributed by atoms with van der Waals surface area (Å²) in [6.45, 7) is 8.09. The molecule has 2 aromatic rings. The number of piperazine rings is 1. The second-order valence-electron chi connectivity index (χ2n) is 7.37. The molecule has 0 radical (unpaired) electrons. The maximum Gasteiger partial charge on any atom is 0.221 e. The topological polar surface area (TPSA) is 48.5 Å². The van der Waals surface area contributed by atoms with Gasteiger partial charge in [0.1, 0.15) is 5.82 Å². The lowest BCUT2D eigenvalue weighted by Gasteiger charge is -2.35. The molecule has 1 N–H and O–H groups in total. The highest BCUT2D eigenvalue weighted by Gasteiger charge is 2.31. The van der Waals surface area contributed by atoms with Crippen LogP contribution in [0.2, 0.25) is 0 Å². The number of carbonyl (C=O) groups excluding carboxylic acids is 1. The predicted molar refractivity (Wildman–Crippen MR) is 106 cm³/mol.